The Kier molecular flexibility index (Phi) is 5.41. The zero-order valence-electron chi connectivity index (χ0n) is 15.6. The SMILES string of the molecule is COc1ccc2cc(C(C)C(=O)Nc3ccc(NC(C)=O)cc3)ccc2c1. The summed E-state index contributed by atoms with van der Waals surface area (Å²) in [5.41, 5.74) is 2.32. The maximum Gasteiger partial charge on any atom is 0.231 e. The summed E-state index contributed by atoms with van der Waals surface area (Å²) in [6, 6.07) is 18.9. The van der Waals surface area contributed by atoms with Crippen molar-refractivity contribution in [2.45, 2.75) is 19.8 Å². The van der Waals surface area contributed by atoms with E-state index in [0.29, 0.717) is 11.4 Å². The Labute approximate surface area is 158 Å². The molecule has 0 aliphatic heterocycles. The van der Waals surface area contributed by atoms with Crippen LogP contribution in [0.5, 0.6) is 5.75 Å². The van der Waals surface area contributed by atoms with Crippen molar-refractivity contribution in [3.05, 3.63) is 66.2 Å². The first-order chi connectivity index (χ1) is 13.0. The molecule has 0 heterocycles. The minimum atomic E-state index is -0.300. The number of carbonyl (C=O) groups is 2. The van der Waals surface area contributed by atoms with Crippen molar-refractivity contribution in [1.29, 1.82) is 0 Å². The van der Waals surface area contributed by atoms with Gasteiger partial charge in [-0.1, -0.05) is 24.3 Å². The van der Waals surface area contributed by atoms with Crippen LogP contribution >= 0.6 is 0 Å². The molecule has 0 spiro atoms. The summed E-state index contributed by atoms with van der Waals surface area (Å²) in [4.78, 5) is 23.7. The van der Waals surface area contributed by atoms with Crippen LogP contribution in [0.25, 0.3) is 10.8 Å². The van der Waals surface area contributed by atoms with Gasteiger partial charge in [-0.25, -0.2) is 0 Å². The van der Waals surface area contributed by atoms with Gasteiger partial charge in [0, 0.05) is 18.3 Å². The van der Waals surface area contributed by atoms with Crippen LogP contribution in [0.1, 0.15) is 25.3 Å². The van der Waals surface area contributed by atoms with Crippen molar-refractivity contribution in [1.82, 2.24) is 0 Å². The van der Waals surface area contributed by atoms with Crippen LogP contribution < -0.4 is 15.4 Å². The van der Waals surface area contributed by atoms with Gasteiger partial charge in [0.1, 0.15) is 5.75 Å². The van der Waals surface area contributed by atoms with Crippen molar-refractivity contribution >= 4 is 34.0 Å². The van der Waals surface area contributed by atoms with Crippen molar-refractivity contribution in [3.8, 4) is 5.75 Å². The van der Waals surface area contributed by atoms with Crippen LogP contribution in [0.3, 0.4) is 0 Å². The van der Waals surface area contributed by atoms with Crippen LogP contribution in [-0.2, 0) is 9.59 Å². The van der Waals surface area contributed by atoms with E-state index in [1.807, 2.05) is 43.3 Å². The number of hydrogen-bond acceptors (Lipinski definition) is 3. The number of amides is 2. The molecule has 2 N–H and O–H groups in total. The highest BCUT2D eigenvalue weighted by Crippen LogP contribution is 2.26. The summed E-state index contributed by atoms with van der Waals surface area (Å²) >= 11 is 0. The molecule has 3 aromatic rings. The molecule has 138 valence electrons. The Bertz CT molecular complexity index is 981. The third kappa shape index (κ3) is 4.44. The fourth-order valence-electron chi connectivity index (χ4n) is 2.88. The molecule has 3 aromatic carbocycles. The highest BCUT2D eigenvalue weighted by molar-refractivity contribution is 5.97. The molecule has 0 bridgehead atoms. The van der Waals surface area contributed by atoms with Gasteiger partial charge in [0.05, 0.1) is 13.0 Å². The molecule has 1 atom stereocenters. The molecule has 0 aromatic heterocycles. The van der Waals surface area contributed by atoms with E-state index < -0.39 is 0 Å². The van der Waals surface area contributed by atoms with Gasteiger partial charge in [-0.05, 0) is 59.7 Å². The van der Waals surface area contributed by atoms with Gasteiger partial charge in [0.15, 0.2) is 0 Å². The van der Waals surface area contributed by atoms with Gasteiger partial charge in [-0.3, -0.25) is 9.59 Å². The second-order valence-electron chi connectivity index (χ2n) is 6.44. The molecule has 0 fully saturated rings. The van der Waals surface area contributed by atoms with Crippen molar-refractivity contribution in [3.63, 3.8) is 0 Å². The molecule has 0 aliphatic carbocycles. The number of carbonyl (C=O) groups excluding carboxylic acids is 2. The average Bonchev–Trinajstić information content (AvgIpc) is 2.67. The third-order valence-electron chi connectivity index (χ3n) is 4.44. The van der Waals surface area contributed by atoms with Crippen LogP contribution in [0, 0.1) is 0 Å². The molecule has 2 amide bonds. The van der Waals surface area contributed by atoms with Crippen LogP contribution in [0.4, 0.5) is 11.4 Å². The summed E-state index contributed by atoms with van der Waals surface area (Å²) in [5, 5.41) is 7.75. The Hall–Kier alpha value is -3.34. The Morgan fingerprint density at radius 2 is 1.44 bits per heavy atom. The van der Waals surface area contributed by atoms with Crippen LogP contribution in [0.15, 0.2) is 60.7 Å². The quantitative estimate of drug-likeness (QED) is 0.700. The molecule has 0 aliphatic rings. The summed E-state index contributed by atoms with van der Waals surface area (Å²) < 4.78 is 5.25. The van der Waals surface area contributed by atoms with E-state index in [1.165, 1.54) is 6.92 Å². The Morgan fingerprint density at radius 3 is 2.07 bits per heavy atom. The van der Waals surface area contributed by atoms with E-state index >= 15 is 0 Å². The number of hydrogen-bond donors (Lipinski definition) is 2. The molecule has 3 rings (SSSR count). The molecule has 0 saturated heterocycles. The fraction of sp³-hybridized carbons (Fsp3) is 0.182. The van der Waals surface area contributed by atoms with Crippen LogP contribution in [-0.4, -0.2) is 18.9 Å². The van der Waals surface area contributed by atoms with E-state index in [2.05, 4.69) is 10.6 Å². The topological polar surface area (TPSA) is 67.4 Å². The normalized spacial score (nSPS) is 11.7. The van der Waals surface area contributed by atoms with Gasteiger partial charge in [0.2, 0.25) is 11.8 Å². The van der Waals surface area contributed by atoms with Gasteiger partial charge in [-0.2, -0.15) is 0 Å². The van der Waals surface area contributed by atoms with Gasteiger partial charge in [-0.15, -0.1) is 0 Å². The van der Waals surface area contributed by atoms with E-state index in [1.54, 1.807) is 31.4 Å². The van der Waals surface area contributed by atoms with Gasteiger partial charge >= 0.3 is 0 Å². The van der Waals surface area contributed by atoms with Gasteiger partial charge < -0.3 is 15.4 Å². The second-order valence-corrected chi connectivity index (χ2v) is 6.44. The molecule has 5 nitrogen and oxygen atoms in total. The molecule has 5 heteroatoms. The molecular formula is C22H22N2O3. The average molecular weight is 362 g/mol. The smallest absolute Gasteiger partial charge is 0.231 e. The number of methoxy groups -OCH3 is 1. The zero-order valence-corrected chi connectivity index (χ0v) is 15.6. The Balaban J connectivity index is 1.72. The lowest BCUT2D eigenvalue weighted by molar-refractivity contribution is -0.117. The summed E-state index contributed by atoms with van der Waals surface area (Å²) in [6.07, 6.45) is 0. The van der Waals surface area contributed by atoms with Crippen molar-refractivity contribution in [2.24, 2.45) is 0 Å². The number of rotatable bonds is 5. The predicted octanol–water partition coefficient (Wildman–Crippen LogP) is 4.55. The zero-order chi connectivity index (χ0) is 19.4. The van der Waals surface area contributed by atoms with E-state index in [-0.39, 0.29) is 17.7 Å². The fourth-order valence-corrected chi connectivity index (χ4v) is 2.88. The van der Waals surface area contributed by atoms with E-state index in [0.717, 1.165) is 22.1 Å². The third-order valence-corrected chi connectivity index (χ3v) is 4.44. The maximum atomic E-state index is 12.6. The second kappa shape index (κ2) is 7.91. The number of benzene rings is 3. The number of fused-ring (bicyclic) bond motifs is 1. The summed E-state index contributed by atoms with van der Waals surface area (Å²) in [6.45, 7) is 3.34. The molecule has 0 saturated carbocycles. The molecule has 1 unspecified atom stereocenters. The van der Waals surface area contributed by atoms with E-state index in [4.69, 9.17) is 4.74 Å². The number of nitrogens with one attached hydrogen (secondary N) is 2. The monoisotopic (exact) mass is 362 g/mol. The first-order valence-electron chi connectivity index (χ1n) is 8.72. The minimum Gasteiger partial charge on any atom is -0.497 e. The van der Waals surface area contributed by atoms with Gasteiger partial charge in [0.25, 0.3) is 0 Å². The number of ether oxygens (including phenoxy) is 1. The van der Waals surface area contributed by atoms with Crippen molar-refractivity contribution in [2.75, 3.05) is 17.7 Å². The lowest BCUT2D eigenvalue weighted by Gasteiger charge is -2.14. The van der Waals surface area contributed by atoms with Crippen molar-refractivity contribution < 1.29 is 14.3 Å². The van der Waals surface area contributed by atoms with Crippen LogP contribution in [0.2, 0.25) is 0 Å². The lowest BCUT2D eigenvalue weighted by Crippen LogP contribution is -2.18. The summed E-state index contributed by atoms with van der Waals surface area (Å²) in [5.74, 6) is 0.291. The minimum absolute atomic E-state index is 0.0878. The largest absolute Gasteiger partial charge is 0.497 e. The highest BCUT2D eigenvalue weighted by Gasteiger charge is 2.16. The first-order valence-corrected chi connectivity index (χ1v) is 8.72. The Morgan fingerprint density at radius 1 is 0.852 bits per heavy atom. The molecule has 27 heavy (non-hydrogen) atoms. The highest BCUT2D eigenvalue weighted by atomic mass is 16.5. The summed E-state index contributed by atoms with van der Waals surface area (Å²) in [7, 11) is 1.64. The predicted molar refractivity (Wildman–Crippen MR) is 108 cm³/mol. The number of anilines is 2. The maximum absolute atomic E-state index is 12.6. The lowest BCUT2D eigenvalue weighted by atomic mass is 9.97. The molecule has 0 radical (unpaired) electrons. The first kappa shape index (κ1) is 18.5. The standard InChI is InChI=1S/C22H22N2O3/c1-14(16-4-5-18-13-21(27-3)11-6-17(18)12-16)22(26)24-20-9-7-19(8-10-20)23-15(2)25/h4-14H,1-3H3,(H,23,25)(H,24,26). The molecular weight excluding hydrogens is 340 g/mol. The van der Waals surface area contributed by atoms with E-state index in [9.17, 15) is 9.59 Å².